The Morgan fingerprint density at radius 2 is 2.36 bits per heavy atom. The summed E-state index contributed by atoms with van der Waals surface area (Å²) in [4.78, 5) is 0. The van der Waals surface area contributed by atoms with E-state index in [0.717, 1.165) is 13.2 Å². The third-order valence-corrected chi connectivity index (χ3v) is 2.99. The molecule has 2 saturated heterocycles. The topological polar surface area (TPSA) is 21.3 Å². The summed E-state index contributed by atoms with van der Waals surface area (Å²) in [6.45, 7) is 6.58. The third kappa shape index (κ3) is 1.00. The first-order valence-corrected chi connectivity index (χ1v) is 4.62. The van der Waals surface area contributed by atoms with Crippen molar-refractivity contribution >= 4 is 0 Å². The number of ether oxygens (including phenoxy) is 1. The molecule has 11 heavy (non-hydrogen) atoms. The molecule has 0 aliphatic carbocycles. The molecule has 2 heteroatoms. The van der Waals surface area contributed by atoms with Crippen LogP contribution in [0.3, 0.4) is 0 Å². The van der Waals surface area contributed by atoms with Crippen molar-refractivity contribution in [2.24, 2.45) is 5.92 Å². The molecule has 2 nitrogen and oxygen atoms in total. The fraction of sp³-hybridized carbons (Fsp3) is 1.00. The van der Waals surface area contributed by atoms with Crippen LogP contribution in [0.1, 0.15) is 26.7 Å². The first-order chi connectivity index (χ1) is 5.25. The average molecular weight is 155 g/mol. The molecular formula is C9H17NO. The van der Waals surface area contributed by atoms with Crippen molar-refractivity contribution in [1.29, 1.82) is 0 Å². The SMILES string of the molecule is CC(C)[C@@H]1NC[C@@]12CCCO2. The van der Waals surface area contributed by atoms with Crippen molar-refractivity contribution in [2.45, 2.75) is 38.3 Å². The molecule has 1 N–H and O–H groups in total. The average Bonchev–Trinajstić information content (AvgIpc) is 2.31. The van der Waals surface area contributed by atoms with Gasteiger partial charge in [-0.15, -0.1) is 0 Å². The zero-order chi connectivity index (χ0) is 7.90. The Bertz CT molecular complexity index is 150. The van der Waals surface area contributed by atoms with E-state index in [9.17, 15) is 0 Å². The van der Waals surface area contributed by atoms with Crippen LogP contribution in [-0.2, 0) is 4.74 Å². The van der Waals surface area contributed by atoms with Gasteiger partial charge in [0.1, 0.15) is 0 Å². The first-order valence-electron chi connectivity index (χ1n) is 4.62. The van der Waals surface area contributed by atoms with Crippen LogP contribution in [0.2, 0.25) is 0 Å². The zero-order valence-corrected chi connectivity index (χ0v) is 7.39. The molecule has 2 rings (SSSR count). The summed E-state index contributed by atoms with van der Waals surface area (Å²) in [5.74, 6) is 0.710. The van der Waals surface area contributed by atoms with Gasteiger partial charge in [-0.05, 0) is 18.8 Å². The molecule has 2 aliphatic rings. The Morgan fingerprint density at radius 3 is 2.73 bits per heavy atom. The van der Waals surface area contributed by atoms with E-state index in [1.165, 1.54) is 12.8 Å². The molecule has 0 amide bonds. The van der Waals surface area contributed by atoms with E-state index in [-0.39, 0.29) is 5.60 Å². The zero-order valence-electron chi connectivity index (χ0n) is 7.39. The minimum atomic E-state index is 0.244. The van der Waals surface area contributed by atoms with E-state index in [2.05, 4.69) is 19.2 Å². The number of nitrogens with one attached hydrogen (secondary N) is 1. The summed E-state index contributed by atoms with van der Waals surface area (Å²) in [6.07, 6.45) is 2.52. The van der Waals surface area contributed by atoms with Gasteiger partial charge in [0.15, 0.2) is 0 Å². The Balaban J connectivity index is 2.03. The van der Waals surface area contributed by atoms with Crippen molar-refractivity contribution in [3.05, 3.63) is 0 Å². The van der Waals surface area contributed by atoms with Gasteiger partial charge in [0, 0.05) is 19.2 Å². The Hall–Kier alpha value is -0.0800. The van der Waals surface area contributed by atoms with E-state index in [1.54, 1.807) is 0 Å². The molecule has 0 saturated carbocycles. The highest BCUT2D eigenvalue weighted by Gasteiger charge is 2.50. The summed E-state index contributed by atoms with van der Waals surface area (Å²) in [7, 11) is 0. The molecule has 0 aromatic rings. The van der Waals surface area contributed by atoms with Crippen LogP contribution in [0.4, 0.5) is 0 Å². The lowest BCUT2D eigenvalue weighted by Gasteiger charge is -2.49. The molecule has 0 unspecified atom stereocenters. The number of hydrogen-bond donors (Lipinski definition) is 1. The van der Waals surface area contributed by atoms with Gasteiger partial charge in [0.2, 0.25) is 0 Å². The van der Waals surface area contributed by atoms with Crippen molar-refractivity contribution in [3.63, 3.8) is 0 Å². The van der Waals surface area contributed by atoms with Gasteiger partial charge >= 0.3 is 0 Å². The van der Waals surface area contributed by atoms with Crippen LogP contribution < -0.4 is 5.32 Å². The molecule has 0 bridgehead atoms. The Kier molecular flexibility index (Phi) is 1.69. The standard InChI is InChI=1S/C9H17NO/c1-7(2)8-9(6-10-8)4-3-5-11-9/h7-8,10H,3-6H2,1-2H3/t8-,9-/m0/s1. The van der Waals surface area contributed by atoms with Gasteiger partial charge in [0.25, 0.3) is 0 Å². The normalized spacial score (nSPS) is 43.4. The number of rotatable bonds is 1. The lowest BCUT2D eigenvalue weighted by atomic mass is 9.77. The maximum atomic E-state index is 5.79. The lowest BCUT2D eigenvalue weighted by molar-refractivity contribution is -0.0908. The van der Waals surface area contributed by atoms with Gasteiger partial charge < -0.3 is 10.1 Å². The van der Waals surface area contributed by atoms with Crippen LogP contribution in [0.25, 0.3) is 0 Å². The van der Waals surface area contributed by atoms with Crippen LogP contribution >= 0.6 is 0 Å². The smallest absolute Gasteiger partial charge is 0.0961 e. The highest BCUT2D eigenvalue weighted by molar-refractivity contribution is 5.07. The highest BCUT2D eigenvalue weighted by atomic mass is 16.5. The van der Waals surface area contributed by atoms with E-state index < -0.39 is 0 Å². The molecule has 2 fully saturated rings. The van der Waals surface area contributed by atoms with Gasteiger partial charge in [0.05, 0.1) is 5.60 Å². The van der Waals surface area contributed by atoms with Crippen LogP contribution in [-0.4, -0.2) is 24.8 Å². The van der Waals surface area contributed by atoms with Crippen molar-refractivity contribution < 1.29 is 4.74 Å². The van der Waals surface area contributed by atoms with E-state index in [4.69, 9.17) is 4.74 Å². The summed E-state index contributed by atoms with van der Waals surface area (Å²) in [6, 6.07) is 0.616. The third-order valence-electron chi connectivity index (χ3n) is 2.99. The molecule has 1 spiro atoms. The minimum absolute atomic E-state index is 0.244. The first kappa shape index (κ1) is 7.56. The summed E-state index contributed by atoms with van der Waals surface area (Å²) in [5.41, 5.74) is 0.244. The second-order valence-corrected chi connectivity index (χ2v) is 4.12. The van der Waals surface area contributed by atoms with Gasteiger partial charge in [-0.1, -0.05) is 13.8 Å². The lowest BCUT2D eigenvalue weighted by Crippen LogP contribution is -2.69. The van der Waals surface area contributed by atoms with Crippen LogP contribution in [0.5, 0.6) is 0 Å². The second-order valence-electron chi connectivity index (χ2n) is 4.12. The maximum Gasteiger partial charge on any atom is 0.0961 e. The molecular weight excluding hydrogens is 138 g/mol. The quantitative estimate of drug-likeness (QED) is 0.613. The van der Waals surface area contributed by atoms with E-state index in [0.29, 0.717) is 12.0 Å². The largest absolute Gasteiger partial charge is 0.372 e. The molecule has 0 radical (unpaired) electrons. The predicted octanol–water partition coefficient (Wildman–Crippen LogP) is 1.16. The fourth-order valence-corrected chi connectivity index (χ4v) is 2.39. The highest BCUT2D eigenvalue weighted by Crippen LogP contribution is 2.37. The molecule has 64 valence electrons. The Labute approximate surface area is 68.3 Å². The summed E-state index contributed by atoms with van der Waals surface area (Å²) in [5, 5.41) is 3.45. The molecule has 0 aromatic carbocycles. The molecule has 2 aliphatic heterocycles. The Morgan fingerprint density at radius 1 is 1.55 bits per heavy atom. The van der Waals surface area contributed by atoms with Crippen LogP contribution in [0, 0.1) is 5.92 Å². The molecule has 2 atom stereocenters. The second kappa shape index (κ2) is 2.46. The number of hydrogen-bond acceptors (Lipinski definition) is 2. The monoisotopic (exact) mass is 155 g/mol. The molecule has 0 aromatic heterocycles. The van der Waals surface area contributed by atoms with E-state index >= 15 is 0 Å². The van der Waals surface area contributed by atoms with Crippen molar-refractivity contribution in [2.75, 3.05) is 13.2 Å². The summed E-state index contributed by atoms with van der Waals surface area (Å²) >= 11 is 0. The van der Waals surface area contributed by atoms with Gasteiger partial charge in [-0.2, -0.15) is 0 Å². The molecule has 2 heterocycles. The van der Waals surface area contributed by atoms with Crippen molar-refractivity contribution in [1.82, 2.24) is 5.32 Å². The predicted molar refractivity (Wildman–Crippen MR) is 44.5 cm³/mol. The van der Waals surface area contributed by atoms with Crippen molar-refractivity contribution in [3.8, 4) is 0 Å². The van der Waals surface area contributed by atoms with Gasteiger partial charge in [-0.3, -0.25) is 0 Å². The summed E-state index contributed by atoms with van der Waals surface area (Å²) < 4.78 is 5.79. The van der Waals surface area contributed by atoms with E-state index in [1.807, 2.05) is 0 Å². The van der Waals surface area contributed by atoms with Gasteiger partial charge in [-0.25, -0.2) is 0 Å². The minimum Gasteiger partial charge on any atom is -0.372 e. The fourth-order valence-electron chi connectivity index (χ4n) is 2.39. The van der Waals surface area contributed by atoms with Crippen LogP contribution in [0.15, 0.2) is 0 Å². The maximum absolute atomic E-state index is 5.79.